The van der Waals surface area contributed by atoms with Crippen LogP contribution in [-0.4, -0.2) is 36.2 Å². The fraction of sp³-hybridized carbons (Fsp3) is 0.118. The average molecular weight is 316 g/mol. The van der Waals surface area contributed by atoms with Gasteiger partial charge in [-0.1, -0.05) is 37.4 Å². The topological polar surface area (TPSA) is 89.9 Å². The minimum Gasteiger partial charge on any atom is -0.478 e. The molecule has 0 heterocycles. The van der Waals surface area contributed by atoms with Gasteiger partial charge in [0.25, 0.3) is 0 Å². The van der Waals surface area contributed by atoms with Gasteiger partial charge in [0.1, 0.15) is 18.8 Å². The number of aromatic carboxylic acids is 1. The van der Waals surface area contributed by atoms with Gasteiger partial charge in [-0.3, -0.25) is 0 Å². The molecule has 1 N–H and O–H groups in total. The standard InChI is InChI=1S/C17H16O6/c1-3-9-22-16(20)14(17(21)23-10-4-2)11-12-5-7-13(8-6-12)15(18)19/h3-8,11H,1-2,9-10H2,(H,18,19). The van der Waals surface area contributed by atoms with Gasteiger partial charge in [-0.25, -0.2) is 14.4 Å². The van der Waals surface area contributed by atoms with Crippen molar-refractivity contribution in [1.29, 1.82) is 0 Å². The van der Waals surface area contributed by atoms with E-state index in [1.54, 1.807) is 0 Å². The number of esters is 2. The van der Waals surface area contributed by atoms with E-state index in [1.165, 1.54) is 42.5 Å². The molecule has 0 aliphatic rings. The summed E-state index contributed by atoms with van der Waals surface area (Å²) in [4.78, 5) is 34.7. The van der Waals surface area contributed by atoms with Crippen LogP contribution in [0.5, 0.6) is 0 Å². The normalized spacial score (nSPS) is 9.39. The van der Waals surface area contributed by atoms with E-state index in [1.807, 2.05) is 0 Å². The molecule has 23 heavy (non-hydrogen) atoms. The second kappa shape index (κ2) is 8.99. The summed E-state index contributed by atoms with van der Waals surface area (Å²) < 4.78 is 9.69. The molecular weight excluding hydrogens is 300 g/mol. The van der Waals surface area contributed by atoms with Crippen LogP contribution in [0.1, 0.15) is 15.9 Å². The Balaban J connectivity index is 3.07. The molecule has 0 bridgehead atoms. The molecule has 120 valence electrons. The third-order valence-corrected chi connectivity index (χ3v) is 2.57. The predicted molar refractivity (Wildman–Crippen MR) is 83.7 cm³/mol. The first kappa shape index (κ1) is 17.9. The molecule has 0 radical (unpaired) electrons. The van der Waals surface area contributed by atoms with Crippen LogP contribution in [-0.2, 0) is 19.1 Å². The van der Waals surface area contributed by atoms with E-state index in [0.717, 1.165) is 0 Å². The highest BCUT2D eigenvalue weighted by molar-refractivity contribution is 6.17. The SMILES string of the molecule is C=CCOC(=O)C(=Cc1ccc(C(=O)O)cc1)C(=O)OCC=C. The lowest BCUT2D eigenvalue weighted by atomic mass is 10.1. The van der Waals surface area contributed by atoms with Gasteiger partial charge in [-0.05, 0) is 23.8 Å². The number of hydrogen-bond donors (Lipinski definition) is 1. The van der Waals surface area contributed by atoms with Crippen LogP contribution in [0.4, 0.5) is 0 Å². The van der Waals surface area contributed by atoms with Crippen LogP contribution in [0.3, 0.4) is 0 Å². The maximum absolute atomic E-state index is 11.9. The van der Waals surface area contributed by atoms with Gasteiger partial charge in [0.05, 0.1) is 5.56 Å². The Kier molecular flexibility index (Phi) is 7.00. The van der Waals surface area contributed by atoms with Crippen molar-refractivity contribution >= 4 is 24.0 Å². The molecular formula is C17H16O6. The molecule has 0 spiro atoms. The van der Waals surface area contributed by atoms with Crippen LogP contribution in [0, 0.1) is 0 Å². The molecule has 6 heteroatoms. The largest absolute Gasteiger partial charge is 0.478 e. The van der Waals surface area contributed by atoms with Gasteiger partial charge >= 0.3 is 17.9 Å². The number of hydrogen-bond acceptors (Lipinski definition) is 5. The van der Waals surface area contributed by atoms with E-state index >= 15 is 0 Å². The highest BCUT2D eigenvalue weighted by atomic mass is 16.6. The molecule has 1 aromatic carbocycles. The van der Waals surface area contributed by atoms with E-state index in [2.05, 4.69) is 13.2 Å². The summed E-state index contributed by atoms with van der Waals surface area (Å²) in [7, 11) is 0. The Hall–Kier alpha value is -3.15. The Morgan fingerprint density at radius 1 is 0.957 bits per heavy atom. The van der Waals surface area contributed by atoms with E-state index in [0.29, 0.717) is 5.56 Å². The van der Waals surface area contributed by atoms with Crippen molar-refractivity contribution in [2.75, 3.05) is 13.2 Å². The highest BCUT2D eigenvalue weighted by Gasteiger charge is 2.21. The van der Waals surface area contributed by atoms with E-state index < -0.39 is 17.9 Å². The fourth-order valence-electron chi connectivity index (χ4n) is 1.51. The molecule has 0 saturated carbocycles. The van der Waals surface area contributed by atoms with Crippen LogP contribution in [0.2, 0.25) is 0 Å². The molecule has 0 unspecified atom stereocenters. The number of rotatable bonds is 8. The second-order valence-corrected chi connectivity index (χ2v) is 4.26. The monoisotopic (exact) mass is 316 g/mol. The van der Waals surface area contributed by atoms with Crippen molar-refractivity contribution in [1.82, 2.24) is 0 Å². The summed E-state index contributed by atoms with van der Waals surface area (Å²) >= 11 is 0. The molecule has 0 aliphatic carbocycles. The number of benzene rings is 1. The molecule has 0 aliphatic heterocycles. The summed E-state index contributed by atoms with van der Waals surface area (Å²) in [5, 5.41) is 8.85. The smallest absolute Gasteiger partial charge is 0.345 e. The molecule has 0 aromatic heterocycles. The molecule has 0 amide bonds. The third kappa shape index (κ3) is 5.62. The summed E-state index contributed by atoms with van der Waals surface area (Å²) in [5.41, 5.74) is 0.236. The van der Waals surface area contributed by atoms with E-state index in [9.17, 15) is 14.4 Å². The number of ether oxygens (including phenoxy) is 2. The number of carbonyl (C=O) groups is 3. The zero-order chi connectivity index (χ0) is 17.2. The maximum Gasteiger partial charge on any atom is 0.345 e. The van der Waals surface area contributed by atoms with Gasteiger partial charge < -0.3 is 14.6 Å². The number of carboxylic acids is 1. The quantitative estimate of drug-likeness (QED) is 0.260. The molecule has 1 aromatic rings. The predicted octanol–water partition coefficient (Wildman–Crippen LogP) is 2.23. The third-order valence-electron chi connectivity index (χ3n) is 2.57. The van der Waals surface area contributed by atoms with E-state index in [4.69, 9.17) is 14.6 Å². The molecule has 1 rings (SSSR count). The molecule has 6 nitrogen and oxygen atoms in total. The maximum atomic E-state index is 11.9. The van der Waals surface area contributed by atoms with Gasteiger partial charge in [0.15, 0.2) is 0 Å². The van der Waals surface area contributed by atoms with Crippen molar-refractivity contribution in [2.45, 2.75) is 0 Å². The Morgan fingerprint density at radius 3 is 1.83 bits per heavy atom. The lowest BCUT2D eigenvalue weighted by molar-refractivity contribution is -0.145. The van der Waals surface area contributed by atoms with Gasteiger partial charge in [0.2, 0.25) is 0 Å². The fourth-order valence-corrected chi connectivity index (χ4v) is 1.51. The van der Waals surface area contributed by atoms with Crippen LogP contribution in [0.15, 0.2) is 55.1 Å². The Labute approximate surface area is 133 Å². The first-order valence-electron chi connectivity index (χ1n) is 6.60. The average Bonchev–Trinajstić information content (AvgIpc) is 2.55. The zero-order valence-corrected chi connectivity index (χ0v) is 12.4. The van der Waals surface area contributed by atoms with Gasteiger partial charge in [-0.15, -0.1) is 0 Å². The van der Waals surface area contributed by atoms with Crippen molar-refractivity contribution in [3.8, 4) is 0 Å². The summed E-state index contributed by atoms with van der Waals surface area (Å²) in [5.74, 6) is -2.79. The lowest BCUT2D eigenvalue weighted by Gasteiger charge is -2.07. The number of carboxylic acid groups (broad SMARTS) is 1. The summed E-state index contributed by atoms with van der Waals surface area (Å²) in [6.07, 6.45) is 4.00. The van der Waals surface area contributed by atoms with Crippen molar-refractivity contribution in [3.05, 3.63) is 66.3 Å². The van der Waals surface area contributed by atoms with Crippen LogP contribution >= 0.6 is 0 Å². The molecule has 0 atom stereocenters. The highest BCUT2D eigenvalue weighted by Crippen LogP contribution is 2.12. The lowest BCUT2D eigenvalue weighted by Crippen LogP contribution is -2.18. The van der Waals surface area contributed by atoms with Gasteiger partial charge in [0, 0.05) is 0 Å². The second-order valence-electron chi connectivity index (χ2n) is 4.26. The summed E-state index contributed by atoms with van der Waals surface area (Å²) in [6.45, 7) is 6.72. The first-order chi connectivity index (χ1) is 11.0. The number of carbonyl (C=O) groups excluding carboxylic acids is 2. The Morgan fingerprint density at radius 2 is 1.43 bits per heavy atom. The molecule has 0 saturated heterocycles. The first-order valence-corrected chi connectivity index (χ1v) is 6.60. The van der Waals surface area contributed by atoms with Crippen LogP contribution < -0.4 is 0 Å². The van der Waals surface area contributed by atoms with Crippen LogP contribution in [0.25, 0.3) is 6.08 Å². The van der Waals surface area contributed by atoms with Gasteiger partial charge in [-0.2, -0.15) is 0 Å². The van der Waals surface area contributed by atoms with E-state index in [-0.39, 0.29) is 24.4 Å². The summed E-state index contributed by atoms with van der Waals surface area (Å²) in [6, 6.07) is 5.64. The zero-order valence-electron chi connectivity index (χ0n) is 12.4. The van der Waals surface area contributed by atoms with Crippen molar-refractivity contribution < 1.29 is 29.0 Å². The van der Waals surface area contributed by atoms with Crippen molar-refractivity contribution in [3.63, 3.8) is 0 Å². The Bertz CT molecular complexity index is 614. The minimum absolute atomic E-state index is 0.0527. The van der Waals surface area contributed by atoms with Crippen molar-refractivity contribution in [2.24, 2.45) is 0 Å². The minimum atomic E-state index is -1.07. The molecule has 0 fully saturated rings.